The Morgan fingerprint density at radius 3 is 2.69 bits per heavy atom. The van der Waals surface area contributed by atoms with E-state index in [4.69, 9.17) is 21.4 Å². The minimum Gasteiger partial charge on any atom is -0.492 e. The van der Waals surface area contributed by atoms with Crippen molar-refractivity contribution in [2.24, 2.45) is 0 Å². The highest BCUT2D eigenvalue weighted by Gasteiger charge is 2.23. The first kappa shape index (κ1) is 24.5. The van der Waals surface area contributed by atoms with Gasteiger partial charge < -0.3 is 24.6 Å². The zero-order chi connectivity index (χ0) is 25.4. The molecule has 1 atom stereocenters. The van der Waals surface area contributed by atoms with Crippen LogP contribution in [0.25, 0.3) is 32.9 Å². The number of aliphatic hydroxyl groups is 1. The Morgan fingerprint density at radius 2 is 1.89 bits per heavy atom. The quantitative estimate of drug-likeness (QED) is 0.197. The summed E-state index contributed by atoms with van der Waals surface area (Å²) in [5, 5.41) is 16.2. The monoisotopic (exact) mass is 526 g/mol. The summed E-state index contributed by atoms with van der Waals surface area (Å²) in [5.41, 5.74) is 3.25. The van der Waals surface area contributed by atoms with E-state index < -0.39 is 16.3 Å². The maximum atomic E-state index is 12.7. The Labute approximate surface area is 213 Å². The second kappa shape index (κ2) is 9.68. The fraction of sp³-hybridized carbons (Fsp3) is 0.240. The molecule has 0 saturated carbocycles. The van der Waals surface area contributed by atoms with Gasteiger partial charge in [-0.1, -0.05) is 24.3 Å². The lowest BCUT2D eigenvalue weighted by molar-refractivity contribution is 0.172. The molecule has 0 radical (unpaired) electrons. The van der Waals surface area contributed by atoms with E-state index in [1.807, 2.05) is 36.4 Å². The normalized spacial score (nSPS) is 13.2. The minimum atomic E-state index is -3.87. The fourth-order valence-corrected chi connectivity index (χ4v) is 5.54. The second-order valence-corrected chi connectivity index (χ2v) is 10.9. The molecule has 0 fully saturated rings. The topological polar surface area (TPSA) is 113 Å². The molecule has 2 heterocycles. The molecule has 5 aromatic rings. The Balaban J connectivity index is 1.20. The van der Waals surface area contributed by atoms with Gasteiger partial charge in [-0.3, -0.25) is 0 Å². The van der Waals surface area contributed by atoms with Crippen LogP contribution in [0.1, 0.15) is 11.7 Å². The van der Waals surface area contributed by atoms with Gasteiger partial charge in [0.05, 0.1) is 11.6 Å². The molecule has 5 rings (SSSR count). The molecule has 0 aliphatic rings. The van der Waals surface area contributed by atoms with Gasteiger partial charge in [0, 0.05) is 49.5 Å². The first-order valence-electron chi connectivity index (χ1n) is 11.4. The number of H-pyrrole nitrogens is 1. The first-order valence-corrected chi connectivity index (χ1v) is 13.2. The molecule has 11 heteroatoms. The summed E-state index contributed by atoms with van der Waals surface area (Å²) in [4.78, 5) is 3.23. The van der Waals surface area contributed by atoms with Crippen LogP contribution in [-0.4, -0.2) is 60.6 Å². The Morgan fingerprint density at radius 1 is 1.11 bits per heavy atom. The predicted octanol–water partition coefficient (Wildman–Crippen LogP) is 3.95. The number of aromatic amines is 1. The third-order valence-electron chi connectivity index (χ3n) is 6.00. The summed E-state index contributed by atoms with van der Waals surface area (Å²) in [6.45, 7) is 1.19. The molecule has 3 aromatic carbocycles. The van der Waals surface area contributed by atoms with Crippen LogP contribution in [0, 0.1) is 4.84 Å². The molecule has 36 heavy (non-hydrogen) atoms. The smallest absolute Gasteiger partial charge is 0.311 e. The van der Waals surface area contributed by atoms with E-state index >= 15 is 0 Å². The summed E-state index contributed by atoms with van der Waals surface area (Å²) >= 11 is 5.11. The highest BCUT2D eigenvalue weighted by molar-refractivity contribution is 7.88. The van der Waals surface area contributed by atoms with Gasteiger partial charge >= 0.3 is 10.2 Å². The lowest BCUT2D eigenvalue weighted by Crippen LogP contribution is -2.29. The van der Waals surface area contributed by atoms with Crippen molar-refractivity contribution in [1.82, 2.24) is 18.6 Å². The number of aliphatic hydroxyl groups excluding tert-OH is 1. The molecular formula is C25H26N4O5S2. The summed E-state index contributed by atoms with van der Waals surface area (Å²) in [6, 6.07) is 19.0. The number of nitrogens with zero attached hydrogens (tertiary/aromatic N) is 2. The van der Waals surface area contributed by atoms with Crippen molar-refractivity contribution in [3.05, 3.63) is 71.1 Å². The van der Waals surface area contributed by atoms with Crippen LogP contribution in [0.5, 0.6) is 5.75 Å². The zero-order valence-electron chi connectivity index (χ0n) is 19.8. The standard InChI is InChI=1S/C25H26N4O5S2/c1-28(2)36(31,32)29-22-13-16(7-10-24(22)34-25(29)35)23(30)15-26-11-12-33-17-8-9-19-18-5-3-4-6-20(18)27-21(19)14-17/h3-10,13-14,23,26-27,30H,11-12,15H2,1-2H3. The van der Waals surface area contributed by atoms with Crippen molar-refractivity contribution in [2.75, 3.05) is 33.8 Å². The van der Waals surface area contributed by atoms with Gasteiger partial charge in [-0.2, -0.15) is 16.7 Å². The molecule has 0 aliphatic heterocycles. The molecule has 1 unspecified atom stereocenters. The maximum absolute atomic E-state index is 12.7. The number of aromatic nitrogens is 2. The number of fused-ring (bicyclic) bond motifs is 4. The summed E-state index contributed by atoms with van der Waals surface area (Å²) in [6.07, 6.45) is -0.865. The van der Waals surface area contributed by atoms with Gasteiger partial charge in [-0.05, 0) is 48.1 Å². The third kappa shape index (κ3) is 4.51. The molecule has 0 bridgehead atoms. The minimum absolute atomic E-state index is 0.175. The fourth-order valence-electron chi connectivity index (χ4n) is 4.12. The highest BCUT2D eigenvalue weighted by Crippen LogP contribution is 2.28. The van der Waals surface area contributed by atoms with Gasteiger partial charge in [0.1, 0.15) is 17.9 Å². The number of oxazole rings is 1. The average Bonchev–Trinajstić information content (AvgIpc) is 3.39. The van der Waals surface area contributed by atoms with E-state index in [2.05, 4.69) is 16.4 Å². The number of nitrogens with one attached hydrogen (secondary N) is 2. The van der Waals surface area contributed by atoms with Crippen LogP contribution in [-0.2, 0) is 10.2 Å². The Bertz CT molecular complexity index is 1720. The zero-order valence-corrected chi connectivity index (χ0v) is 21.4. The van der Waals surface area contributed by atoms with E-state index in [0.717, 1.165) is 30.4 Å². The van der Waals surface area contributed by atoms with Crippen LogP contribution in [0.4, 0.5) is 0 Å². The SMILES string of the molecule is CN(C)S(=O)(=O)n1c(=S)oc2ccc(C(O)CNCCOc3ccc4c(c3)[nH]c3ccccc34)cc21. The molecule has 0 aliphatic carbocycles. The predicted molar refractivity (Wildman–Crippen MR) is 142 cm³/mol. The largest absolute Gasteiger partial charge is 0.492 e. The number of benzene rings is 3. The lowest BCUT2D eigenvalue weighted by atomic mass is 10.1. The van der Waals surface area contributed by atoms with Crippen molar-refractivity contribution in [1.29, 1.82) is 0 Å². The molecule has 2 aromatic heterocycles. The van der Waals surface area contributed by atoms with Gasteiger partial charge in [-0.15, -0.1) is 0 Å². The Kier molecular flexibility index (Phi) is 6.58. The van der Waals surface area contributed by atoms with E-state index in [0.29, 0.717) is 24.3 Å². The van der Waals surface area contributed by atoms with E-state index in [1.165, 1.54) is 19.5 Å². The molecule has 3 N–H and O–H groups in total. The number of hydrogen-bond donors (Lipinski definition) is 3. The van der Waals surface area contributed by atoms with Crippen LogP contribution in [0.15, 0.2) is 65.1 Å². The molecule has 0 amide bonds. The Hall–Kier alpha value is -3.22. The summed E-state index contributed by atoms with van der Waals surface area (Å²) in [7, 11) is -1.04. The van der Waals surface area contributed by atoms with Crippen molar-refractivity contribution < 1.29 is 22.7 Å². The molecule has 188 valence electrons. The van der Waals surface area contributed by atoms with E-state index in [1.54, 1.807) is 18.2 Å². The third-order valence-corrected chi connectivity index (χ3v) is 8.13. The number of para-hydroxylation sites is 1. The van der Waals surface area contributed by atoms with Crippen LogP contribution in [0.3, 0.4) is 0 Å². The van der Waals surface area contributed by atoms with Crippen molar-refractivity contribution in [2.45, 2.75) is 6.10 Å². The van der Waals surface area contributed by atoms with E-state index in [9.17, 15) is 13.5 Å². The maximum Gasteiger partial charge on any atom is 0.311 e. The average molecular weight is 527 g/mol. The molecule has 0 spiro atoms. The lowest BCUT2D eigenvalue weighted by Gasteiger charge is -2.14. The van der Waals surface area contributed by atoms with Gasteiger partial charge in [-0.25, -0.2) is 0 Å². The highest BCUT2D eigenvalue weighted by atomic mass is 32.2. The van der Waals surface area contributed by atoms with Crippen molar-refractivity contribution in [3.63, 3.8) is 0 Å². The first-order chi connectivity index (χ1) is 17.3. The summed E-state index contributed by atoms with van der Waals surface area (Å²) in [5.74, 6) is 0.758. The molecule has 0 saturated heterocycles. The second-order valence-electron chi connectivity index (χ2n) is 8.60. The molecular weight excluding hydrogens is 500 g/mol. The number of rotatable bonds is 9. The van der Waals surface area contributed by atoms with Crippen LogP contribution in [0.2, 0.25) is 0 Å². The summed E-state index contributed by atoms with van der Waals surface area (Å²) < 4.78 is 38.6. The van der Waals surface area contributed by atoms with Gasteiger partial charge in [0.15, 0.2) is 5.58 Å². The number of ether oxygens (including phenoxy) is 1. The van der Waals surface area contributed by atoms with Crippen LogP contribution < -0.4 is 10.1 Å². The van der Waals surface area contributed by atoms with E-state index in [-0.39, 0.29) is 16.9 Å². The van der Waals surface area contributed by atoms with Crippen molar-refractivity contribution in [3.8, 4) is 5.75 Å². The molecule has 9 nitrogen and oxygen atoms in total. The number of hydrogen-bond acceptors (Lipinski definition) is 7. The van der Waals surface area contributed by atoms with Gasteiger partial charge in [0.25, 0.3) is 4.84 Å². The van der Waals surface area contributed by atoms with Crippen molar-refractivity contribution >= 4 is 55.3 Å². The van der Waals surface area contributed by atoms with Gasteiger partial charge in [0.2, 0.25) is 0 Å². The van der Waals surface area contributed by atoms with Crippen LogP contribution >= 0.6 is 12.2 Å².